The first kappa shape index (κ1) is 13.9. The van der Waals surface area contributed by atoms with E-state index in [1.165, 1.54) is 4.90 Å². The number of carboxylic acids is 2. The van der Waals surface area contributed by atoms with Crippen molar-refractivity contribution in [2.45, 2.75) is 18.9 Å². The van der Waals surface area contributed by atoms with Crippen LogP contribution in [0.2, 0.25) is 0 Å². The summed E-state index contributed by atoms with van der Waals surface area (Å²) >= 11 is 0. The number of likely N-dealkylation sites (tertiary alicyclic amines) is 1. The Labute approximate surface area is 103 Å². The normalized spacial score (nSPS) is 20.6. The predicted molar refractivity (Wildman–Crippen MR) is 57.6 cm³/mol. The maximum atomic E-state index is 11.7. The van der Waals surface area contributed by atoms with Gasteiger partial charge in [0.15, 0.2) is 0 Å². The summed E-state index contributed by atoms with van der Waals surface area (Å²) in [5, 5.41) is 19.4. The van der Waals surface area contributed by atoms with Crippen molar-refractivity contribution in [2.75, 3.05) is 13.6 Å². The first-order chi connectivity index (χ1) is 8.31. The van der Waals surface area contributed by atoms with Gasteiger partial charge in [-0.3, -0.25) is 14.4 Å². The second kappa shape index (κ2) is 5.48. The predicted octanol–water partition coefficient (Wildman–Crippen LogP) is -1.49. The number of carbonyl (C=O) groups is 4. The minimum absolute atomic E-state index is 0.0156. The van der Waals surface area contributed by atoms with Gasteiger partial charge in [0.05, 0.1) is 12.3 Å². The smallest absolute Gasteiger partial charge is 0.326 e. The Morgan fingerprint density at radius 2 is 2.06 bits per heavy atom. The maximum Gasteiger partial charge on any atom is 0.326 e. The summed E-state index contributed by atoms with van der Waals surface area (Å²) in [6.45, 7) is 0.212. The van der Waals surface area contributed by atoms with Crippen LogP contribution in [0.4, 0.5) is 0 Å². The van der Waals surface area contributed by atoms with E-state index >= 15 is 0 Å². The van der Waals surface area contributed by atoms with Gasteiger partial charge in [0.25, 0.3) is 0 Å². The quantitative estimate of drug-likeness (QED) is 0.551. The minimum atomic E-state index is -1.48. The number of nitrogens with one attached hydrogen (secondary N) is 1. The van der Waals surface area contributed by atoms with Crippen LogP contribution in [-0.4, -0.2) is 58.5 Å². The number of amides is 2. The van der Waals surface area contributed by atoms with Crippen LogP contribution in [0.25, 0.3) is 0 Å². The second-order valence-electron chi connectivity index (χ2n) is 4.17. The molecular weight excluding hydrogens is 244 g/mol. The summed E-state index contributed by atoms with van der Waals surface area (Å²) in [6, 6.07) is -1.48. The van der Waals surface area contributed by atoms with Gasteiger partial charge in [-0.05, 0) is 0 Å². The fraction of sp³-hybridized carbons (Fsp3) is 0.600. The average Bonchev–Trinajstić information content (AvgIpc) is 2.57. The standard InChI is InChI=1S/C10H14N2O6/c1-12-4-5(2-7(12)13)9(16)11-6(10(17)18)3-8(14)15/h5-6H,2-4H2,1H3,(H,11,16)(H,14,15)(H,17,18)/t5?,6-/m1/s1. The lowest BCUT2D eigenvalue weighted by Gasteiger charge is -2.15. The van der Waals surface area contributed by atoms with Crippen molar-refractivity contribution in [3.63, 3.8) is 0 Å². The van der Waals surface area contributed by atoms with E-state index in [1.54, 1.807) is 7.05 Å². The highest BCUT2D eigenvalue weighted by molar-refractivity contribution is 5.92. The van der Waals surface area contributed by atoms with Gasteiger partial charge < -0.3 is 20.4 Å². The van der Waals surface area contributed by atoms with Crippen molar-refractivity contribution in [3.05, 3.63) is 0 Å². The molecule has 1 saturated heterocycles. The Morgan fingerprint density at radius 3 is 2.44 bits per heavy atom. The van der Waals surface area contributed by atoms with E-state index in [4.69, 9.17) is 10.2 Å². The molecule has 0 aliphatic carbocycles. The molecular formula is C10H14N2O6. The molecule has 1 unspecified atom stereocenters. The van der Waals surface area contributed by atoms with E-state index in [9.17, 15) is 19.2 Å². The molecule has 1 aliphatic rings. The number of rotatable bonds is 5. The number of aliphatic carboxylic acids is 2. The summed E-state index contributed by atoms with van der Waals surface area (Å²) in [7, 11) is 1.54. The molecule has 8 nitrogen and oxygen atoms in total. The summed E-state index contributed by atoms with van der Waals surface area (Å²) in [4.78, 5) is 45.5. The molecule has 3 N–H and O–H groups in total. The Kier molecular flexibility index (Phi) is 4.24. The minimum Gasteiger partial charge on any atom is -0.481 e. The molecule has 0 spiro atoms. The summed E-state index contributed by atoms with van der Waals surface area (Å²) in [5.41, 5.74) is 0. The van der Waals surface area contributed by atoms with E-state index in [0.717, 1.165) is 0 Å². The highest BCUT2D eigenvalue weighted by atomic mass is 16.4. The third kappa shape index (κ3) is 3.44. The summed E-state index contributed by atoms with van der Waals surface area (Å²) in [6.07, 6.45) is -0.681. The van der Waals surface area contributed by atoms with Gasteiger partial charge in [-0.1, -0.05) is 0 Å². The number of carboxylic acid groups (broad SMARTS) is 2. The molecule has 0 aromatic carbocycles. The number of nitrogens with zero attached hydrogens (tertiary/aromatic N) is 1. The van der Waals surface area contributed by atoms with Crippen LogP contribution in [0.3, 0.4) is 0 Å². The first-order valence-corrected chi connectivity index (χ1v) is 5.30. The molecule has 1 aliphatic heterocycles. The van der Waals surface area contributed by atoms with E-state index in [-0.39, 0.29) is 18.9 Å². The van der Waals surface area contributed by atoms with Crippen LogP contribution in [0, 0.1) is 5.92 Å². The highest BCUT2D eigenvalue weighted by Crippen LogP contribution is 2.16. The van der Waals surface area contributed by atoms with Crippen molar-refractivity contribution < 1.29 is 29.4 Å². The van der Waals surface area contributed by atoms with Crippen LogP contribution >= 0.6 is 0 Å². The molecule has 0 bridgehead atoms. The average molecular weight is 258 g/mol. The molecule has 100 valence electrons. The highest BCUT2D eigenvalue weighted by Gasteiger charge is 2.34. The monoisotopic (exact) mass is 258 g/mol. The zero-order valence-corrected chi connectivity index (χ0v) is 9.75. The first-order valence-electron chi connectivity index (χ1n) is 5.30. The zero-order chi connectivity index (χ0) is 13.9. The zero-order valence-electron chi connectivity index (χ0n) is 9.75. The number of carbonyl (C=O) groups excluding carboxylic acids is 2. The number of hydrogen-bond donors (Lipinski definition) is 3. The van der Waals surface area contributed by atoms with Gasteiger partial charge >= 0.3 is 11.9 Å². The molecule has 1 heterocycles. The van der Waals surface area contributed by atoms with Crippen LogP contribution in [0.15, 0.2) is 0 Å². The van der Waals surface area contributed by atoms with Gasteiger partial charge in [-0.2, -0.15) is 0 Å². The van der Waals surface area contributed by atoms with E-state index in [1.807, 2.05) is 0 Å². The van der Waals surface area contributed by atoms with Crippen molar-refractivity contribution in [1.29, 1.82) is 0 Å². The van der Waals surface area contributed by atoms with Crippen molar-refractivity contribution in [3.8, 4) is 0 Å². The van der Waals surface area contributed by atoms with Crippen molar-refractivity contribution in [2.24, 2.45) is 5.92 Å². The van der Waals surface area contributed by atoms with Gasteiger partial charge in [0, 0.05) is 20.0 Å². The molecule has 0 aromatic rings. The molecule has 0 saturated carbocycles. The van der Waals surface area contributed by atoms with Crippen molar-refractivity contribution in [1.82, 2.24) is 10.2 Å². The lowest BCUT2D eigenvalue weighted by molar-refractivity contribution is -0.147. The Bertz CT molecular complexity index is 394. The Balaban J connectivity index is 2.59. The molecule has 1 fully saturated rings. The largest absolute Gasteiger partial charge is 0.481 e. The fourth-order valence-electron chi connectivity index (χ4n) is 1.70. The molecule has 0 radical (unpaired) electrons. The molecule has 2 atom stereocenters. The van der Waals surface area contributed by atoms with Gasteiger partial charge in [-0.25, -0.2) is 4.79 Å². The molecule has 8 heteroatoms. The van der Waals surface area contributed by atoms with Crippen LogP contribution in [-0.2, 0) is 19.2 Å². The second-order valence-corrected chi connectivity index (χ2v) is 4.17. The Hall–Kier alpha value is -2.12. The van der Waals surface area contributed by atoms with Crippen LogP contribution in [0.5, 0.6) is 0 Å². The SMILES string of the molecule is CN1CC(C(=O)N[C@H](CC(=O)O)C(=O)O)CC1=O. The summed E-state index contributed by atoms with van der Waals surface area (Å²) < 4.78 is 0. The lowest BCUT2D eigenvalue weighted by Crippen LogP contribution is -2.45. The topological polar surface area (TPSA) is 124 Å². The lowest BCUT2D eigenvalue weighted by atomic mass is 10.1. The van der Waals surface area contributed by atoms with Gasteiger partial charge in [0.2, 0.25) is 11.8 Å². The van der Waals surface area contributed by atoms with Gasteiger partial charge in [0.1, 0.15) is 6.04 Å². The van der Waals surface area contributed by atoms with Crippen LogP contribution < -0.4 is 5.32 Å². The fourth-order valence-corrected chi connectivity index (χ4v) is 1.70. The van der Waals surface area contributed by atoms with Gasteiger partial charge in [-0.15, -0.1) is 0 Å². The van der Waals surface area contributed by atoms with E-state index in [2.05, 4.69) is 5.32 Å². The third-order valence-corrected chi connectivity index (χ3v) is 2.71. The van der Waals surface area contributed by atoms with Crippen molar-refractivity contribution >= 4 is 23.8 Å². The van der Waals surface area contributed by atoms with E-state index in [0.29, 0.717) is 0 Å². The molecule has 2 amide bonds. The summed E-state index contributed by atoms with van der Waals surface area (Å²) in [5.74, 6) is -4.16. The maximum absolute atomic E-state index is 11.7. The number of hydrogen-bond acceptors (Lipinski definition) is 4. The Morgan fingerprint density at radius 1 is 1.44 bits per heavy atom. The van der Waals surface area contributed by atoms with Crippen LogP contribution in [0.1, 0.15) is 12.8 Å². The third-order valence-electron chi connectivity index (χ3n) is 2.71. The van der Waals surface area contributed by atoms with E-state index < -0.39 is 36.2 Å². The molecule has 1 rings (SSSR count). The molecule has 0 aromatic heterocycles. The molecule has 18 heavy (non-hydrogen) atoms.